The van der Waals surface area contributed by atoms with Crippen LogP contribution in [0.2, 0.25) is 0 Å². The number of benzene rings is 6. The Morgan fingerprint density at radius 1 is 0.533 bits per heavy atom. The number of fused-ring (bicyclic) bond motifs is 4. The average molecular weight is 1450 g/mol. The highest BCUT2D eigenvalue weighted by atomic mass is 16.5. The van der Waals surface area contributed by atoms with Crippen molar-refractivity contribution < 1.29 is 86.3 Å². The van der Waals surface area contributed by atoms with Crippen molar-refractivity contribution in [3.63, 3.8) is 0 Å². The van der Waals surface area contributed by atoms with Gasteiger partial charge in [-0.3, -0.25) is 19.2 Å². The third kappa shape index (κ3) is 22.0. The van der Waals surface area contributed by atoms with E-state index in [0.717, 1.165) is 102 Å². The van der Waals surface area contributed by atoms with Gasteiger partial charge in [-0.2, -0.15) is 0 Å². The van der Waals surface area contributed by atoms with Gasteiger partial charge in [-0.05, 0) is 162 Å². The number of primary amides is 1. The fraction of sp³-hybridized carbons (Fsp3) is 0.383. The summed E-state index contributed by atoms with van der Waals surface area (Å²) in [5.74, 6) is 3.20. The highest BCUT2D eigenvalue weighted by Gasteiger charge is 2.28. The van der Waals surface area contributed by atoms with E-state index < -0.39 is 17.8 Å². The van der Waals surface area contributed by atoms with Crippen LogP contribution < -0.4 is 48.9 Å². The van der Waals surface area contributed by atoms with Crippen LogP contribution in [0.1, 0.15) is 145 Å². The third-order valence-electron chi connectivity index (χ3n) is 17.8. The van der Waals surface area contributed by atoms with Crippen molar-refractivity contribution >= 4 is 46.5 Å². The van der Waals surface area contributed by atoms with Crippen LogP contribution >= 0.6 is 0 Å². The van der Waals surface area contributed by atoms with Gasteiger partial charge in [0.25, 0.3) is 17.7 Å². The summed E-state index contributed by atoms with van der Waals surface area (Å²) in [6.07, 6.45) is 13.4. The number of aromatic nitrogens is 1. The molecule has 4 amide bonds. The number of hydrogen-bond donors (Lipinski definition) is 4. The number of likely N-dealkylation sites (N-methyl/N-ethyl adjacent to an activating group) is 2. The van der Waals surface area contributed by atoms with Crippen molar-refractivity contribution in [2.75, 3.05) is 123 Å². The summed E-state index contributed by atoms with van der Waals surface area (Å²) < 4.78 is 54.8. The molecule has 4 aliphatic heterocycles. The fourth-order valence-corrected chi connectivity index (χ4v) is 11.8. The molecule has 0 spiro atoms. The zero-order valence-corrected chi connectivity index (χ0v) is 62.9. The van der Waals surface area contributed by atoms with Crippen LogP contribution in [0.15, 0.2) is 132 Å². The number of nitrogens with two attached hydrogens (primary N) is 1. The molecule has 0 radical (unpaired) electrons. The molecule has 105 heavy (non-hydrogen) atoms. The third-order valence-corrected chi connectivity index (χ3v) is 17.8. The molecular formula is C81H100N6O18. The molecule has 0 atom stereocenters. The molecule has 0 bridgehead atoms. The minimum Gasteiger partial charge on any atom is -0.507 e. The first-order valence-corrected chi connectivity index (χ1v) is 34.5. The Balaban J connectivity index is 0.000000192. The van der Waals surface area contributed by atoms with Crippen molar-refractivity contribution in [2.24, 2.45) is 5.73 Å². The number of hydrogen-bond acceptors (Lipinski definition) is 19. The van der Waals surface area contributed by atoms with E-state index in [9.17, 15) is 39.0 Å². The molecule has 24 heteroatoms. The largest absolute Gasteiger partial charge is 0.507 e. The van der Waals surface area contributed by atoms with Crippen molar-refractivity contribution in [3.8, 4) is 57.5 Å². The minimum absolute atomic E-state index is 0.00129. The first-order valence-electron chi connectivity index (χ1n) is 34.5. The maximum atomic E-state index is 12.8. The summed E-state index contributed by atoms with van der Waals surface area (Å²) >= 11 is 0. The van der Waals surface area contributed by atoms with Gasteiger partial charge in [-0.1, -0.05) is 41.0 Å². The lowest BCUT2D eigenvalue weighted by Crippen LogP contribution is -2.36. The van der Waals surface area contributed by atoms with Crippen LogP contribution in [0.25, 0.3) is 10.9 Å². The van der Waals surface area contributed by atoms with Crippen molar-refractivity contribution in [3.05, 3.63) is 188 Å². The van der Waals surface area contributed by atoms with E-state index in [1.807, 2.05) is 76.2 Å². The van der Waals surface area contributed by atoms with E-state index >= 15 is 0 Å². The van der Waals surface area contributed by atoms with E-state index in [1.165, 1.54) is 63.4 Å². The lowest BCUT2D eigenvalue weighted by molar-refractivity contribution is 0.0588. The number of esters is 2. The number of nitrogens with zero attached hydrogens (tertiary/aromatic N) is 4. The van der Waals surface area contributed by atoms with Gasteiger partial charge in [0.2, 0.25) is 5.91 Å². The predicted octanol–water partition coefficient (Wildman–Crippen LogP) is 12.0. The number of carbonyl (C=O) groups is 6. The molecule has 562 valence electrons. The van der Waals surface area contributed by atoms with E-state index in [4.69, 9.17) is 43.6 Å². The number of likely N-dealkylation sites (tertiary alicyclic amines) is 1. The number of carbonyl (C=O) groups excluding carboxylic acids is 6. The molecule has 24 nitrogen and oxygen atoms in total. The number of aromatic hydroxyl groups is 2. The molecule has 0 unspecified atom stereocenters. The van der Waals surface area contributed by atoms with Crippen LogP contribution in [0.3, 0.4) is 0 Å². The summed E-state index contributed by atoms with van der Waals surface area (Å²) in [7, 11) is 14.1. The Hall–Kier alpha value is -11.1. The first-order chi connectivity index (χ1) is 50.3. The Kier molecular flexibility index (Phi) is 30.1. The second-order valence-electron chi connectivity index (χ2n) is 25.9. The second-order valence-corrected chi connectivity index (χ2v) is 25.9. The number of piperidine rings is 1. The summed E-state index contributed by atoms with van der Waals surface area (Å²) in [5.41, 5.74) is 16.7. The van der Waals surface area contributed by atoms with Gasteiger partial charge in [0.05, 0.1) is 86.1 Å². The quantitative estimate of drug-likeness (QED) is 0.0459. The molecule has 7 aromatic rings. The summed E-state index contributed by atoms with van der Waals surface area (Å²) in [6.45, 7) is 18.2. The number of nitrogens with one attached hydrogen (secondary N) is 1. The van der Waals surface area contributed by atoms with Gasteiger partial charge >= 0.3 is 11.9 Å². The van der Waals surface area contributed by atoms with E-state index in [2.05, 4.69) is 62.5 Å². The molecule has 11 rings (SSSR count). The normalized spacial score (nSPS) is 13.8. The highest BCUT2D eigenvalue weighted by Crippen LogP contribution is 2.37. The SMILES string of the molecule is COC(=O)c1cc(CC=C(C)C)c(OC)cc1O.COC(=O)c1ccc(OC)cc1O.COc1cc2c(cc1CC=C(C)C)C(=O)N(C)CCO2.COc1cc2c(cc1CC=C(C)C)C(=O)NCCO2.COc1cc2c(cc1CCN1CCC(n3ccc4ccc(C(N)=O)cc43)CC1)C(=O)N(C)CCO2. The molecule has 6 aromatic carbocycles. The smallest absolute Gasteiger partial charge is 0.341 e. The number of allylic oxidation sites excluding steroid dienone is 6. The van der Waals surface area contributed by atoms with E-state index in [0.29, 0.717) is 103 Å². The van der Waals surface area contributed by atoms with Gasteiger partial charge in [0, 0.05) is 87.4 Å². The number of ether oxygens (including phenoxy) is 10. The van der Waals surface area contributed by atoms with Crippen molar-refractivity contribution in [1.82, 2.24) is 24.6 Å². The number of phenols is 2. The van der Waals surface area contributed by atoms with Crippen LogP contribution in [0, 0.1) is 0 Å². The Morgan fingerprint density at radius 2 is 1.00 bits per heavy atom. The molecule has 1 saturated heterocycles. The Morgan fingerprint density at radius 3 is 1.50 bits per heavy atom. The summed E-state index contributed by atoms with van der Waals surface area (Å²) in [4.78, 5) is 77.0. The molecule has 4 aliphatic rings. The fourth-order valence-electron chi connectivity index (χ4n) is 11.8. The lowest BCUT2D eigenvalue weighted by Gasteiger charge is -2.33. The maximum absolute atomic E-state index is 12.8. The topological polar surface area (TPSA) is 288 Å². The molecule has 5 N–H and O–H groups in total. The highest BCUT2D eigenvalue weighted by molar-refractivity contribution is 6.00. The van der Waals surface area contributed by atoms with Gasteiger partial charge < -0.3 is 87.9 Å². The summed E-state index contributed by atoms with van der Waals surface area (Å²) in [6, 6.07) is 26.7. The standard InChI is InChI=1S/C27H32N4O4.C16H21NO3.C15H19NO3.C14H18O4.C9H10O4/c1-29-13-14-35-25-17-24(34-2)19(15-22(25)27(29)33)5-9-30-10-7-21(8-11-30)31-12-6-18-3-4-20(26(28)32)16-23(18)31;1-11(2)5-6-12-9-13-15(10-14(12)19-4)20-8-7-17(3)16(13)18;1-10(2)4-5-11-8-12-14(9-13(11)18-3)19-7-6-16-15(12)17;1-9(2)5-6-10-7-11(14(16)18-4)12(15)8-13(10)17-3;1-12-6-3-4-7(8(10)5-6)9(11)13-2/h3-4,6,12,15-17,21H,5,7-11,13-14H2,1-2H3,(H2,28,32);5,9-10H,6-8H2,1-4H3;4,8-9H,5-7H2,1-3H3,(H,16,17);5,7-8,15H,6H2,1-4H3;3-5,10H,1-2H3. The average Bonchev–Trinajstić information content (AvgIpc) is 1.75. The second kappa shape index (κ2) is 38.9. The van der Waals surface area contributed by atoms with E-state index in [-0.39, 0.29) is 40.3 Å². The van der Waals surface area contributed by atoms with Crippen LogP contribution in [0.4, 0.5) is 0 Å². The van der Waals surface area contributed by atoms with Gasteiger partial charge in [0.15, 0.2) is 0 Å². The lowest BCUT2D eigenvalue weighted by atomic mass is 10.0. The minimum atomic E-state index is -0.569. The number of rotatable bonds is 18. The van der Waals surface area contributed by atoms with Gasteiger partial charge in [-0.15, -0.1) is 0 Å². The molecule has 0 aliphatic carbocycles. The molecule has 1 fully saturated rings. The number of phenolic OH excluding ortho intramolecular Hbond substituents is 2. The van der Waals surface area contributed by atoms with Crippen LogP contribution in [0.5, 0.6) is 57.5 Å². The van der Waals surface area contributed by atoms with Crippen LogP contribution in [-0.4, -0.2) is 188 Å². The van der Waals surface area contributed by atoms with Crippen molar-refractivity contribution in [2.45, 2.75) is 86.1 Å². The van der Waals surface area contributed by atoms with Crippen molar-refractivity contribution in [1.29, 1.82) is 0 Å². The molecular weight excluding hydrogens is 1340 g/mol. The monoisotopic (exact) mass is 1440 g/mol. The molecule has 5 heterocycles. The van der Waals surface area contributed by atoms with Crippen LogP contribution in [-0.2, 0) is 35.2 Å². The van der Waals surface area contributed by atoms with Gasteiger partial charge in [0.1, 0.15) is 88.4 Å². The summed E-state index contributed by atoms with van der Waals surface area (Å²) in [5, 5.41) is 23.0. The molecule has 1 aromatic heterocycles. The zero-order chi connectivity index (χ0) is 76.6. The zero-order valence-electron chi connectivity index (χ0n) is 62.9. The van der Waals surface area contributed by atoms with E-state index in [1.54, 1.807) is 69.5 Å². The van der Waals surface area contributed by atoms with Gasteiger partial charge in [-0.25, -0.2) is 9.59 Å². The Labute approximate surface area is 614 Å². The maximum Gasteiger partial charge on any atom is 0.341 e. The number of methoxy groups -OCH3 is 7. The number of amides is 4. The molecule has 0 saturated carbocycles. The first kappa shape index (κ1) is 81.2. The predicted molar refractivity (Wildman–Crippen MR) is 402 cm³/mol. The Bertz CT molecular complexity index is 4320.